The Morgan fingerprint density at radius 3 is 2.32 bits per heavy atom. The number of hydrogen-bond acceptors (Lipinski definition) is 4. The summed E-state index contributed by atoms with van der Waals surface area (Å²) in [7, 11) is 0. The number of halogens is 1. The highest BCUT2D eigenvalue weighted by atomic mass is 32.1. The summed E-state index contributed by atoms with van der Waals surface area (Å²) in [4.78, 5) is 39.2. The Kier molecular flexibility index (Phi) is 7.50. The quantitative estimate of drug-likeness (QED) is 0.559. The minimum Gasteiger partial charge on any atom is -0.350 e. The molecule has 0 aliphatic rings. The largest absolute Gasteiger partial charge is 0.350 e. The fourth-order valence-electron chi connectivity index (χ4n) is 2.84. The fourth-order valence-corrected chi connectivity index (χ4v) is 3.46. The smallest absolute Gasteiger partial charge is 0.265 e. The van der Waals surface area contributed by atoms with Crippen LogP contribution in [0.2, 0.25) is 0 Å². The Labute approximate surface area is 183 Å². The highest BCUT2D eigenvalue weighted by Gasteiger charge is 2.17. The number of benzene rings is 2. The van der Waals surface area contributed by atoms with Crippen molar-refractivity contribution in [3.63, 3.8) is 0 Å². The van der Waals surface area contributed by atoms with E-state index in [0.29, 0.717) is 22.7 Å². The molecule has 0 atom stereocenters. The maximum atomic E-state index is 13.0. The number of rotatable bonds is 8. The lowest BCUT2D eigenvalue weighted by atomic mass is 10.1. The monoisotopic (exact) mass is 439 g/mol. The van der Waals surface area contributed by atoms with E-state index in [9.17, 15) is 18.8 Å². The highest BCUT2D eigenvalue weighted by Crippen LogP contribution is 2.15. The molecular formula is C23H22FN3O3S. The molecule has 0 radical (unpaired) electrons. The van der Waals surface area contributed by atoms with Gasteiger partial charge in [0.1, 0.15) is 5.82 Å². The molecule has 0 unspecified atom stereocenters. The van der Waals surface area contributed by atoms with Gasteiger partial charge in [0, 0.05) is 24.3 Å². The Bertz CT molecular complexity index is 1030. The molecule has 1 aromatic heterocycles. The molecule has 3 rings (SSSR count). The third-order valence-electron chi connectivity index (χ3n) is 4.54. The fraction of sp³-hybridized carbons (Fsp3) is 0.174. The molecule has 2 N–H and O–H groups in total. The molecule has 0 saturated carbocycles. The first-order chi connectivity index (χ1) is 15.0. The molecule has 8 heteroatoms. The zero-order valence-corrected chi connectivity index (χ0v) is 17.7. The molecule has 0 spiro atoms. The van der Waals surface area contributed by atoms with Crippen molar-refractivity contribution in [1.29, 1.82) is 0 Å². The average Bonchev–Trinajstić information content (AvgIpc) is 3.32. The average molecular weight is 440 g/mol. The first-order valence-corrected chi connectivity index (χ1v) is 10.6. The van der Waals surface area contributed by atoms with Crippen LogP contribution in [-0.2, 0) is 11.3 Å². The van der Waals surface area contributed by atoms with Crippen LogP contribution in [0, 0.1) is 5.82 Å². The van der Waals surface area contributed by atoms with Gasteiger partial charge in [0.15, 0.2) is 0 Å². The minimum absolute atomic E-state index is 0.0899. The Morgan fingerprint density at radius 2 is 1.71 bits per heavy atom. The predicted octanol–water partition coefficient (Wildman–Crippen LogP) is 3.92. The number of nitrogens with one attached hydrogen (secondary N) is 2. The summed E-state index contributed by atoms with van der Waals surface area (Å²) in [6.07, 6.45) is 0. The second kappa shape index (κ2) is 10.5. The van der Waals surface area contributed by atoms with E-state index in [2.05, 4.69) is 10.6 Å². The molecular weight excluding hydrogens is 417 g/mol. The first-order valence-electron chi connectivity index (χ1n) is 9.71. The molecule has 31 heavy (non-hydrogen) atoms. The summed E-state index contributed by atoms with van der Waals surface area (Å²) < 4.78 is 13.0. The van der Waals surface area contributed by atoms with Gasteiger partial charge < -0.3 is 15.5 Å². The van der Waals surface area contributed by atoms with Gasteiger partial charge in [-0.05, 0) is 60.3 Å². The molecule has 3 aromatic rings. The third-order valence-corrected chi connectivity index (χ3v) is 5.41. The van der Waals surface area contributed by atoms with E-state index in [0.717, 1.165) is 5.56 Å². The first kappa shape index (κ1) is 22.2. The second-order valence-electron chi connectivity index (χ2n) is 6.73. The molecule has 160 valence electrons. The number of nitrogens with zero attached hydrogens (tertiary/aromatic N) is 1. The van der Waals surface area contributed by atoms with Crippen LogP contribution in [0.15, 0.2) is 66.0 Å². The molecule has 0 fully saturated rings. The maximum Gasteiger partial charge on any atom is 0.265 e. The summed E-state index contributed by atoms with van der Waals surface area (Å²) in [6, 6.07) is 15.9. The van der Waals surface area contributed by atoms with E-state index in [1.807, 2.05) is 5.38 Å². The lowest BCUT2D eigenvalue weighted by Gasteiger charge is -2.20. The summed E-state index contributed by atoms with van der Waals surface area (Å²) in [6.45, 7) is 2.32. The van der Waals surface area contributed by atoms with Gasteiger partial charge in [0.05, 0.1) is 11.4 Å². The van der Waals surface area contributed by atoms with Crippen molar-refractivity contribution in [3.05, 3.63) is 87.9 Å². The van der Waals surface area contributed by atoms with Crippen molar-refractivity contribution >= 4 is 34.7 Å². The van der Waals surface area contributed by atoms with Gasteiger partial charge in [-0.3, -0.25) is 14.4 Å². The van der Waals surface area contributed by atoms with E-state index in [4.69, 9.17) is 0 Å². The Morgan fingerprint density at radius 1 is 1.00 bits per heavy atom. The van der Waals surface area contributed by atoms with Crippen LogP contribution in [0.5, 0.6) is 0 Å². The van der Waals surface area contributed by atoms with Gasteiger partial charge >= 0.3 is 0 Å². The van der Waals surface area contributed by atoms with E-state index < -0.39 is 0 Å². The van der Waals surface area contributed by atoms with Crippen molar-refractivity contribution < 1.29 is 18.8 Å². The summed E-state index contributed by atoms with van der Waals surface area (Å²) >= 11 is 1.35. The number of thiophene rings is 1. The molecule has 2 aromatic carbocycles. The van der Waals surface area contributed by atoms with Crippen molar-refractivity contribution in [1.82, 2.24) is 10.2 Å². The van der Waals surface area contributed by atoms with Gasteiger partial charge in [0.2, 0.25) is 5.91 Å². The SMILES string of the molecule is CCN(CC(=O)NCc1ccc(F)cc1)C(=O)c1ccc(NC(=O)c2cccs2)cc1. The van der Waals surface area contributed by atoms with Gasteiger partial charge in [-0.1, -0.05) is 18.2 Å². The number of carbonyl (C=O) groups is 3. The molecule has 0 saturated heterocycles. The lowest BCUT2D eigenvalue weighted by molar-refractivity contribution is -0.121. The van der Waals surface area contributed by atoms with Crippen LogP contribution in [0.3, 0.4) is 0 Å². The molecule has 0 bridgehead atoms. The van der Waals surface area contributed by atoms with Gasteiger partial charge in [-0.15, -0.1) is 11.3 Å². The van der Waals surface area contributed by atoms with Gasteiger partial charge in [0.25, 0.3) is 11.8 Å². The lowest BCUT2D eigenvalue weighted by Crippen LogP contribution is -2.40. The van der Waals surface area contributed by atoms with Gasteiger partial charge in [-0.2, -0.15) is 0 Å². The standard InChI is InChI=1S/C23H22FN3O3S/c1-2-27(15-21(28)25-14-16-5-9-18(24)10-6-16)23(30)17-7-11-19(12-8-17)26-22(29)20-4-3-13-31-20/h3-13H,2,14-15H2,1H3,(H,25,28)(H,26,29). The Balaban J connectivity index is 1.54. The van der Waals surface area contributed by atoms with Crippen molar-refractivity contribution in [2.24, 2.45) is 0 Å². The topological polar surface area (TPSA) is 78.5 Å². The number of hydrogen-bond donors (Lipinski definition) is 2. The number of anilines is 1. The second-order valence-corrected chi connectivity index (χ2v) is 7.68. The van der Waals surface area contributed by atoms with Gasteiger partial charge in [-0.25, -0.2) is 4.39 Å². The van der Waals surface area contributed by atoms with E-state index >= 15 is 0 Å². The summed E-state index contributed by atoms with van der Waals surface area (Å²) in [5, 5.41) is 7.34. The van der Waals surface area contributed by atoms with Crippen LogP contribution in [0.1, 0.15) is 32.5 Å². The van der Waals surface area contributed by atoms with Crippen LogP contribution >= 0.6 is 11.3 Å². The predicted molar refractivity (Wildman–Crippen MR) is 119 cm³/mol. The highest BCUT2D eigenvalue weighted by molar-refractivity contribution is 7.12. The molecule has 3 amide bonds. The van der Waals surface area contributed by atoms with E-state index in [1.54, 1.807) is 55.5 Å². The van der Waals surface area contributed by atoms with Crippen LogP contribution < -0.4 is 10.6 Å². The zero-order valence-electron chi connectivity index (χ0n) is 16.9. The third kappa shape index (κ3) is 6.23. The molecule has 6 nitrogen and oxygen atoms in total. The van der Waals surface area contributed by atoms with E-state index in [-0.39, 0.29) is 36.6 Å². The normalized spacial score (nSPS) is 10.4. The van der Waals surface area contributed by atoms with Crippen molar-refractivity contribution in [2.45, 2.75) is 13.5 Å². The van der Waals surface area contributed by atoms with Crippen molar-refractivity contribution in [2.75, 3.05) is 18.4 Å². The van der Waals surface area contributed by atoms with E-state index in [1.165, 1.54) is 28.4 Å². The van der Waals surface area contributed by atoms with Crippen LogP contribution in [-0.4, -0.2) is 35.7 Å². The summed E-state index contributed by atoms with van der Waals surface area (Å²) in [5.74, 6) is -1.13. The number of carbonyl (C=O) groups excluding carboxylic acids is 3. The molecule has 0 aliphatic carbocycles. The zero-order chi connectivity index (χ0) is 22.2. The number of likely N-dealkylation sites (N-methyl/N-ethyl adjacent to an activating group) is 1. The number of amides is 3. The van der Waals surface area contributed by atoms with Crippen LogP contribution in [0.4, 0.5) is 10.1 Å². The van der Waals surface area contributed by atoms with Crippen molar-refractivity contribution in [3.8, 4) is 0 Å². The summed E-state index contributed by atoms with van der Waals surface area (Å²) in [5.41, 5.74) is 1.77. The maximum absolute atomic E-state index is 13.0. The minimum atomic E-state index is -0.338. The molecule has 0 aliphatic heterocycles. The Hall–Kier alpha value is -3.52. The van der Waals surface area contributed by atoms with Crippen LogP contribution in [0.25, 0.3) is 0 Å². The molecule has 1 heterocycles.